The van der Waals surface area contributed by atoms with E-state index in [1.54, 1.807) is 11.3 Å². The molecule has 2 aromatic rings. The van der Waals surface area contributed by atoms with E-state index in [0.29, 0.717) is 12.3 Å². The standard InChI is InChI=1S/C14H16N2OS2/c1-8-3-9(2)13-11(4-8)19-14(15-13)16-6-10(7-18)5-12(16)17/h3-4,10,18H,5-7H2,1-2H3. The van der Waals surface area contributed by atoms with Crippen LogP contribution in [-0.2, 0) is 4.79 Å². The number of fused-ring (bicyclic) bond motifs is 1. The number of rotatable bonds is 2. The Kier molecular flexibility index (Phi) is 3.27. The number of amides is 1. The molecule has 3 rings (SSSR count). The molecule has 5 heteroatoms. The van der Waals surface area contributed by atoms with E-state index in [-0.39, 0.29) is 5.91 Å². The van der Waals surface area contributed by atoms with Crippen LogP contribution in [-0.4, -0.2) is 23.2 Å². The lowest BCUT2D eigenvalue weighted by molar-refractivity contribution is -0.117. The van der Waals surface area contributed by atoms with Gasteiger partial charge in [-0.2, -0.15) is 12.6 Å². The number of thiol groups is 1. The Hall–Kier alpha value is -1.07. The van der Waals surface area contributed by atoms with Crippen LogP contribution in [0.1, 0.15) is 17.5 Å². The Labute approximate surface area is 122 Å². The summed E-state index contributed by atoms with van der Waals surface area (Å²) in [5.74, 6) is 1.28. The molecule has 1 aliphatic heterocycles. The minimum absolute atomic E-state index is 0.174. The second kappa shape index (κ2) is 4.80. The van der Waals surface area contributed by atoms with Crippen molar-refractivity contribution in [1.29, 1.82) is 0 Å². The van der Waals surface area contributed by atoms with Crippen molar-refractivity contribution in [3.8, 4) is 0 Å². The number of aryl methyl sites for hydroxylation is 2. The van der Waals surface area contributed by atoms with E-state index >= 15 is 0 Å². The van der Waals surface area contributed by atoms with Crippen LogP contribution in [0.5, 0.6) is 0 Å². The van der Waals surface area contributed by atoms with Gasteiger partial charge in [0, 0.05) is 13.0 Å². The van der Waals surface area contributed by atoms with E-state index in [4.69, 9.17) is 0 Å². The maximum atomic E-state index is 12.0. The van der Waals surface area contributed by atoms with E-state index in [2.05, 4.69) is 43.6 Å². The fraction of sp³-hybridized carbons (Fsp3) is 0.429. The smallest absolute Gasteiger partial charge is 0.229 e. The Balaban J connectivity index is 2.02. The molecule has 100 valence electrons. The van der Waals surface area contributed by atoms with Crippen LogP contribution in [0, 0.1) is 19.8 Å². The number of hydrogen-bond acceptors (Lipinski definition) is 4. The molecule has 0 spiro atoms. The molecule has 3 nitrogen and oxygen atoms in total. The average Bonchev–Trinajstić information content (AvgIpc) is 2.92. The highest BCUT2D eigenvalue weighted by molar-refractivity contribution is 7.80. The molecular weight excluding hydrogens is 276 g/mol. The number of hydrogen-bond donors (Lipinski definition) is 1. The summed E-state index contributed by atoms with van der Waals surface area (Å²) in [6, 6.07) is 4.27. The highest BCUT2D eigenvalue weighted by atomic mass is 32.1. The third kappa shape index (κ3) is 2.25. The molecule has 1 aromatic heterocycles. The van der Waals surface area contributed by atoms with Crippen LogP contribution in [0.4, 0.5) is 5.13 Å². The molecule has 0 radical (unpaired) electrons. The van der Waals surface area contributed by atoms with Crippen LogP contribution < -0.4 is 4.90 Å². The van der Waals surface area contributed by atoms with Gasteiger partial charge in [0.05, 0.1) is 10.2 Å². The predicted molar refractivity (Wildman–Crippen MR) is 83.4 cm³/mol. The predicted octanol–water partition coefficient (Wildman–Crippen LogP) is 3.20. The SMILES string of the molecule is Cc1cc(C)c2nc(N3CC(CS)CC3=O)sc2c1. The molecule has 1 saturated heterocycles. The molecule has 0 saturated carbocycles. The first-order valence-corrected chi connectivity index (χ1v) is 7.82. The summed E-state index contributed by atoms with van der Waals surface area (Å²) in [6.07, 6.45) is 0.595. The van der Waals surface area contributed by atoms with E-state index in [9.17, 15) is 4.79 Å². The number of carbonyl (C=O) groups is 1. The van der Waals surface area contributed by atoms with E-state index in [1.807, 2.05) is 4.90 Å². The maximum absolute atomic E-state index is 12.0. The zero-order valence-electron chi connectivity index (χ0n) is 11.0. The minimum Gasteiger partial charge on any atom is -0.288 e. The second-order valence-electron chi connectivity index (χ2n) is 5.18. The van der Waals surface area contributed by atoms with Gasteiger partial charge in [0.15, 0.2) is 5.13 Å². The number of aromatic nitrogens is 1. The molecule has 1 aromatic carbocycles. The number of thiazole rings is 1. The molecule has 1 unspecified atom stereocenters. The van der Waals surface area contributed by atoms with E-state index in [1.165, 1.54) is 11.1 Å². The van der Waals surface area contributed by atoms with Crippen molar-refractivity contribution in [3.05, 3.63) is 23.3 Å². The van der Waals surface area contributed by atoms with Crippen molar-refractivity contribution in [2.24, 2.45) is 5.92 Å². The lowest BCUT2D eigenvalue weighted by atomic mass is 10.1. The average molecular weight is 292 g/mol. The summed E-state index contributed by atoms with van der Waals surface area (Å²) >= 11 is 5.90. The molecule has 1 atom stereocenters. The normalized spacial score (nSPS) is 19.6. The van der Waals surface area contributed by atoms with Crippen molar-refractivity contribution in [1.82, 2.24) is 4.98 Å². The monoisotopic (exact) mass is 292 g/mol. The van der Waals surface area contributed by atoms with Gasteiger partial charge in [0.25, 0.3) is 0 Å². The molecule has 1 aliphatic rings. The molecule has 2 heterocycles. The second-order valence-corrected chi connectivity index (χ2v) is 6.56. The number of anilines is 1. The van der Waals surface area contributed by atoms with E-state index < -0.39 is 0 Å². The Bertz CT molecular complexity index is 650. The quantitative estimate of drug-likeness (QED) is 0.862. The van der Waals surface area contributed by atoms with Crippen molar-refractivity contribution in [2.75, 3.05) is 17.2 Å². The fourth-order valence-electron chi connectivity index (χ4n) is 2.56. The van der Waals surface area contributed by atoms with Crippen LogP contribution in [0.3, 0.4) is 0 Å². The van der Waals surface area contributed by atoms with Gasteiger partial charge in [-0.05, 0) is 42.7 Å². The van der Waals surface area contributed by atoms with Gasteiger partial charge in [-0.1, -0.05) is 17.4 Å². The van der Waals surface area contributed by atoms with Gasteiger partial charge < -0.3 is 0 Å². The lowest BCUT2D eigenvalue weighted by Crippen LogP contribution is -2.24. The summed E-state index contributed by atoms with van der Waals surface area (Å²) in [5.41, 5.74) is 3.43. The Morgan fingerprint density at radius 2 is 2.26 bits per heavy atom. The molecule has 19 heavy (non-hydrogen) atoms. The van der Waals surface area contributed by atoms with Crippen molar-refractivity contribution >= 4 is 45.2 Å². The first-order chi connectivity index (χ1) is 9.08. The minimum atomic E-state index is 0.174. The van der Waals surface area contributed by atoms with Gasteiger partial charge in [0.2, 0.25) is 5.91 Å². The topological polar surface area (TPSA) is 33.2 Å². The first-order valence-electron chi connectivity index (χ1n) is 6.37. The van der Waals surface area contributed by atoms with Crippen molar-refractivity contribution in [2.45, 2.75) is 20.3 Å². The lowest BCUT2D eigenvalue weighted by Gasteiger charge is -2.11. The van der Waals surface area contributed by atoms with Crippen LogP contribution in [0.15, 0.2) is 12.1 Å². The number of benzene rings is 1. The molecule has 1 amide bonds. The van der Waals surface area contributed by atoms with Gasteiger partial charge in [0.1, 0.15) is 0 Å². The summed E-state index contributed by atoms with van der Waals surface area (Å²) in [4.78, 5) is 18.5. The van der Waals surface area contributed by atoms with Gasteiger partial charge in [-0.15, -0.1) is 0 Å². The Morgan fingerprint density at radius 1 is 1.47 bits per heavy atom. The van der Waals surface area contributed by atoms with E-state index in [0.717, 1.165) is 27.6 Å². The third-order valence-electron chi connectivity index (χ3n) is 3.51. The van der Waals surface area contributed by atoms with Crippen LogP contribution >= 0.6 is 24.0 Å². The molecule has 0 aliphatic carbocycles. The number of nitrogens with zero attached hydrogens (tertiary/aromatic N) is 2. The molecule has 0 N–H and O–H groups in total. The summed E-state index contributed by atoms with van der Waals surface area (Å²) < 4.78 is 1.16. The first kappa shape index (κ1) is 12.9. The molecule has 0 bridgehead atoms. The summed E-state index contributed by atoms with van der Waals surface area (Å²) in [6.45, 7) is 4.91. The molecule has 1 fully saturated rings. The van der Waals surface area contributed by atoms with Gasteiger partial charge in [-0.25, -0.2) is 4.98 Å². The number of carbonyl (C=O) groups excluding carboxylic acids is 1. The van der Waals surface area contributed by atoms with Crippen molar-refractivity contribution < 1.29 is 4.79 Å². The van der Waals surface area contributed by atoms with Gasteiger partial charge >= 0.3 is 0 Å². The zero-order valence-corrected chi connectivity index (χ0v) is 12.7. The fourth-order valence-corrected chi connectivity index (χ4v) is 3.98. The van der Waals surface area contributed by atoms with Crippen LogP contribution in [0.25, 0.3) is 10.2 Å². The highest BCUT2D eigenvalue weighted by Gasteiger charge is 2.31. The zero-order chi connectivity index (χ0) is 13.6. The maximum Gasteiger partial charge on any atom is 0.229 e. The van der Waals surface area contributed by atoms with Gasteiger partial charge in [-0.3, -0.25) is 9.69 Å². The summed E-state index contributed by atoms with van der Waals surface area (Å²) in [5, 5.41) is 0.831. The van der Waals surface area contributed by atoms with Crippen molar-refractivity contribution in [3.63, 3.8) is 0 Å². The van der Waals surface area contributed by atoms with Crippen LogP contribution in [0.2, 0.25) is 0 Å². The third-order valence-corrected chi connectivity index (χ3v) is 5.05. The summed E-state index contributed by atoms with van der Waals surface area (Å²) in [7, 11) is 0. The highest BCUT2D eigenvalue weighted by Crippen LogP contribution is 2.34. The Morgan fingerprint density at radius 3 is 2.95 bits per heavy atom. The largest absolute Gasteiger partial charge is 0.288 e. The molecular formula is C14H16N2OS2.